The molecule has 1 saturated heterocycles. The molecule has 2 N–H and O–H groups in total. The molecule has 3 nitrogen and oxygen atoms in total. The number of aliphatic hydroxyl groups is 1. The molecule has 0 amide bonds. The number of rotatable bonds is 3. The fraction of sp³-hybridized carbons (Fsp3) is 1.00. The second-order valence-electron chi connectivity index (χ2n) is 5.33. The van der Waals surface area contributed by atoms with Crippen LogP contribution in [0.1, 0.15) is 38.5 Å². The maximum atomic E-state index is 10.3. The summed E-state index contributed by atoms with van der Waals surface area (Å²) in [5.41, 5.74) is -0.375. The van der Waals surface area contributed by atoms with Gasteiger partial charge < -0.3 is 15.3 Å². The SMILES string of the molecule is CN(CC1(O)CCCC1)C1CCNCC1. The first-order valence-corrected chi connectivity index (χ1v) is 6.33. The van der Waals surface area contributed by atoms with E-state index in [2.05, 4.69) is 17.3 Å². The number of likely N-dealkylation sites (N-methyl/N-ethyl adjacent to an activating group) is 1. The Morgan fingerprint density at radius 2 is 1.87 bits per heavy atom. The fourth-order valence-corrected chi connectivity index (χ4v) is 3.03. The quantitative estimate of drug-likeness (QED) is 0.732. The number of nitrogens with one attached hydrogen (secondary N) is 1. The van der Waals surface area contributed by atoms with Crippen molar-refractivity contribution in [2.75, 3.05) is 26.7 Å². The van der Waals surface area contributed by atoms with Crippen LogP contribution in [0, 0.1) is 0 Å². The van der Waals surface area contributed by atoms with E-state index in [-0.39, 0.29) is 5.60 Å². The van der Waals surface area contributed by atoms with Crippen molar-refractivity contribution in [1.82, 2.24) is 10.2 Å². The third-order valence-electron chi connectivity index (χ3n) is 4.01. The lowest BCUT2D eigenvalue weighted by Crippen LogP contribution is -2.47. The Morgan fingerprint density at radius 3 is 2.47 bits per heavy atom. The highest BCUT2D eigenvalue weighted by molar-refractivity contribution is 4.89. The zero-order valence-electron chi connectivity index (χ0n) is 9.84. The standard InChI is InChI=1S/C12H24N2O/c1-14(11-4-8-13-9-5-11)10-12(15)6-2-3-7-12/h11,13,15H,2-10H2,1H3. The molecule has 1 heterocycles. The first kappa shape index (κ1) is 11.4. The molecule has 0 aromatic rings. The summed E-state index contributed by atoms with van der Waals surface area (Å²) in [5.74, 6) is 0. The highest BCUT2D eigenvalue weighted by Gasteiger charge is 2.33. The lowest BCUT2D eigenvalue weighted by Gasteiger charge is -2.36. The fourth-order valence-electron chi connectivity index (χ4n) is 3.03. The number of nitrogens with zero attached hydrogens (tertiary/aromatic N) is 1. The maximum absolute atomic E-state index is 10.3. The first-order valence-electron chi connectivity index (χ1n) is 6.33. The lowest BCUT2D eigenvalue weighted by atomic mass is 9.99. The van der Waals surface area contributed by atoms with E-state index < -0.39 is 0 Å². The summed E-state index contributed by atoms with van der Waals surface area (Å²) in [6.45, 7) is 3.14. The van der Waals surface area contributed by atoms with Crippen LogP contribution in [-0.2, 0) is 0 Å². The molecule has 0 bridgehead atoms. The molecule has 0 aromatic carbocycles. The highest BCUT2D eigenvalue weighted by atomic mass is 16.3. The van der Waals surface area contributed by atoms with Crippen LogP contribution in [0.25, 0.3) is 0 Å². The van der Waals surface area contributed by atoms with Crippen LogP contribution in [0.3, 0.4) is 0 Å². The minimum Gasteiger partial charge on any atom is -0.389 e. The Morgan fingerprint density at radius 1 is 1.27 bits per heavy atom. The predicted molar refractivity (Wildman–Crippen MR) is 61.9 cm³/mol. The molecular weight excluding hydrogens is 188 g/mol. The summed E-state index contributed by atoms with van der Waals surface area (Å²) < 4.78 is 0. The summed E-state index contributed by atoms with van der Waals surface area (Å²) in [4.78, 5) is 2.38. The van der Waals surface area contributed by atoms with Gasteiger partial charge in [-0.3, -0.25) is 0 Å². The van der Waals surface area contributed by atoms with Crippen LogP contribution in [0.2, 0.25) is 0 Å². The van der Waals surface area contributed by atoms with Gasteiger partial charge in [-0.1, -0.05) is 12.8 Å². The molecule has 0 aromatic heterocycles. The highest BCUT2D eigenvalue weighted by Crippen LogP contribution is 2.30. The average Bonchev–Trinajstić information content (AvgIpc) is 2.66. The van der Waals surface area contributed by atoms with Gasteiger partial charge in [-0.05, 0) is 45.8 Å². The second-order valence-corrected chi connectivity index (χ2v) is 5.33. The minimum absolute atomic E-state index is 0.375. The number of hydrogen-bond donors (Lipinski definition) is 2. The Bertz CT molecular complexity index is 196. The molecule has 2 rings (SSSR count). The van der Waals surface area contributed by atoms with Gasteiger partial charge in [0, 0.05) is 12.6 Å². The van der Waals surface area contributed by atoms with Crippen LogP contribution in [-0.4, -0.2) is 48.3 Å². The molecule has 3 heteroatoms. The summed E-state index contributed by atoms with van der Waals surface area (Å²) in [6, 6.07) is 0.677. The van der Waals surface area contributed by atoms with E-state index in [9.17, 15) is 5.11 Å². The van der Waals surface area contributed by atoms with E-state index in [4.69, 9.17) is 0 Å². The van der Waals surface area contributed by atoms with E-state index in [1.54, 1.807) is 0 Å². The van der Waals surface area contributed by atoms with E-state index in [1.807, 2.05) is 0 Å². The molecule has 2 aliphatic rings. The summed E-state index contributed by atoms with van der Waals surface area (Å²) in [5, 5.41) is 13.7. The third-order valence-corrected chi connectivity index (χ3v) is 4.01. The molecule has 15 heavy (non-hydrogen) atoms. The largest absolute Gasteiger partial charge is 0.389 e. The van der Waals surface area contributed by atoms with Crippen LogP contribution in [0.15, 0.2) is 0 Å². The van der Waals surface area contributed by atoms with Crippen molar-refractivity contribution >= 4 is 0 Å². The van der Waals surface area contributed by atoms with Gasteiger partial charge in [-0.25, -0.2) is 0 Å². The van der Waals surface area contributed by atoms with Crippen LogP contribution in [0.4, 0.5) is 0 Å². The van der Waals surface area contributed by atoms with Crippen molar-refractivity contribution in [3.63, 3.8) is 0 Å². The van der Waals surface area contributed by atoms with Crippen LogP contribution < -0.4 is 5.32 Å². The van der Waals surface area contributed by atoms with Gasteiger partial charge in [0.1, 0.15) is 0 Å². The van der Waals surface area contributed by atoms with Gasteiger partial charge in [-0.2, -0.15) is 0 Å². The molecule has 1 saturated carbocycles. The van der Waals surface area contributed by atoms with Crippen molar-refractivity contribution in [3.8, 4) is 0 Å². The van der Waals surface area contributed by atoms with Crippen molar-refractivity contribution in [2.45, 2.75) is 50.2 Å². The molecule has 1 aliphatic heterocycles. The van der Waals surface area contributed by atoms with Crippen molar-refractivity contribution < 1.29 is 5.11 Å². The Hall–Kier alpha value is -0.120. The van der Waals surface area contributed by atoms with Crippen molar-refractivity contribution in [3.05, 3.63) is 0 Å². The van der Waals surface area contributed by atoms with Crippen LogP contribution in [0.5, 0.6) is 0 Å². The average molecular weight is 212 g/mol. The Kier molecular flexibility index (Phi) is 3.65. The van der Waals surface area contributed by atoms with E-state index in [1.165, 1.54) is 25.7 Å². The normalized spacial score (nSPS) is 27.4. The van der Waals surface area contributed by atoms with E-state index in [0.29, 0.717) is 6.04 Å². The number of hydrogen-bond acceptors (Lipinski definition) is 3. The molecular formula is C12H24N2O. The molecule has 88 valence electrons. The van der Waals surface area contributed by atoms with Crippen molar-refractivity contribution in [2.24, 2.45) is 0 Å². The topological polar surface area (TPSA) is 35.5 Å². The monoisotopic (exact) mass is 212 g/mol. The summed E-state index contributed by atoms with van der Waals surface area (Å²) in [7, 11) is 2.17. The molecule has 2 fully saturated rings. The predicted octanol–water partition coefficient (Wildman–Crippen LogP) is 0.975. The van der Waals surface area contributed by atoms with Gasteiger partial charge in [0.15, 0.2) is 0 Å². The zero-order valence-corrected chi connectivity index (χ0v) is 9.84. The minimum atomic E-state index is -0.375. The zero-order chi connectivity index (χ0) is 10.7. The first-order chi connectivity index (χ1) is 7.20. The van der Waals surface area contributed by atoms with E-state index in [0.717, 1.165) is 32.5 Å². The van der Waals surface area contributed by atoms with E-state index >= 15 is 0 Å². The lowest BCUT2D eigenvalue weighted by molar-refractivity contribution is 0.00168. The molecule has 1 aliphatic carbocycles. The smallest absolute Gasteiger partial charge is 0.0774 e. The molecule has 0 unspecified atom stereocenters. The Balaban J connectivity index is 1.82. The van der Waals surface area contributed by atoms with Gasteiger partial charge in [0.05, 0.1) is 5.60 Å². The molecule has 0 radical (unpaired) electrons. The third kappa shape index (κ3) is 2.92. The summed E-state index contributed by atoms with van der Waals surface area (Å²) in [6.07, 6.45) is 6.87. The van der Waals surface area contributed by atoms with Crippen molar-refractivity contribution in [1.29, 1.82) is 0 Å². The van der Waals surface area contributed by atoms with Crippen LogP contribution >= 0.6 is 0 Å². The summed E-state index contributed by atoms with van der Waals surface area (Å²) >= 11 is 0. The Labute approximate surface area is 92.8 Å². The second kappa shape index (κ2) is 4.81. The van der Waals surface area contributed by atoms with Gasteiger partial charge in [-0.15, -0.1) is 0 Å². The maximum Gasteiger partial charge on any atom is 0.0774 e. The molecule has 0 spiro atoms. The van der Waals surface area contributed by atoms with Gasteiger partial charge >= 0.3 is 0 Å². The molecule has 0 atom stereocenters. The number of piperidine rings is 1. The van der Waals surface area contributed by atoms with Gasteiger partial charge in [0.2, 0.25) is 0 Å². The van der Waals surface area contributed by atoms with Gasteiger partial charge in [0.25, 0.3) is 0 Å².